The molecule has 0 radical (unpaired) electrons. The topological polar surface area (TPSA) is 20.2 Å². The minimum absolute atomic E-state index is 0.389. The normalized spacial score (nSPS) is 13.1. The summed E-state index contributed by atoms with van der Waals surface area (Å²) < 4.78 is 0. The van der Waals surface area contributed by atoms with Crippen molar-refractivity contribution < 1.29 is 5.11 Å². The third-order valence-electron chi connectivity index (χ3n) is 2.50. The van der Waals surface area contributed by atoms with Gasteiger partial charge in [-0.2, -0.15) is 0 Å². The number of aliphatic hydroxyl groups excluding tert-OH is 1. The molecular weight excluding hydrogens is 172 g/mol. The second kappa shape index (κ2) is 3.43. The molecule has 0 saturated heterocycles. The molecule has 1 unspecified atom stereocenters. The van der Waals surface area contributed by atoms with E-state index < -0.39 is 0 Å². The highest BCUT2D eigenvalue weighted by atomic mass is 16.3. The van der Waals surface area contributed by atoms with Crippen LogP contribution in [-0.4, -0.2) is 5.11 Å². The molecule has 72 valence electrons. The van der Waals surface area contributed by atoms with Gasteiger partial charge in [0, 0.05) is 0 Å². The summed E-state index contributed by atoms with van der Waals surface area (Å²) in [5, 5.41) is 11.9. The predicted octanol–water partition coefficient (Wildman–Crippen LogP) is 3.20. The first kappa shape index (κ1) is 9.22. The Hall–Kier alpha value is -1.34. The highest BCUT2D eigenvalue weighted by Crippen LogP contribution is 2.21. The minimum atomic E-state index is -0.389. The van der Waals surface area contributed by atoms with Gasteiger partial charge in [-0.3, -0.25) is 0 Å². The average Bonchev–Trinajstić information content (AvgIpc) is 2.16. The van der Waals surface area contributed by atoms with E-state index in [-0.39, 0.29) is 6.10 Å². The van der Waals surface area contributed by atoms with Crippen LogP contribution in [0.2, 0.25) is 0 Å². The van der Waals surface area contributed by atoms with Crippen LogP contribution in [0.25, 0.3) is 10.8 Å². The first-order chi connectivity index (χ1) is 6.66. The first-order valence-electron chi connectivity index (χ1n) is 4.85. The summed E-state index contributed by atoms with van der Waals surface area (Å²) in [5.41, 5.74) is 2.23. The second-order valence-corrected chi connectivity index (χ2v) is 3.79. The molecule has 0 bridgehead atoms. The molecule has 1 heteroatoms. The van der Waals surface area contributed by atoms with Crippen LogP contribution >= 0.6 is 0 Å². The zero-order valence-electron chi connectivity index (χ0n) is 8.49. The van der Waals surface area contributed by atoms with Crippen molar-refractivity contribution in [3.8, 4) is 0 Å². The predicted molar refractivity (Wildman–Crippen MR) is 59.3 cm³/mol. The highest BCUT2D eigenvalue weighted by Gasteiger charge is 2.01. The fourth-order valence-electron chi connectivity index (χ4n) is 1.64. The van der Waals surface area contributed by atoms with Gasteiger partial charge < -0.3 is 5.11 Å². The summed E-state index contributed by atoms with van der Waals surface area (Å²) in [6, 6.07) is 12.4. The number of rotatable bonds is 1. The standard InChI is InChI=1S/C13H14O/c1-9-3-4-11-5-6-12(10(2)14)8-13(11)7-9/h3-8,10,14H,1-2H3. The van der Waals surface area contributed by atoms with Gasteiger partial charge >= 0.3 is 0 Å². The lowest BCUT2D eigenvalue weighted by molar-refractivity contribution is 0.199. The second-order valence-electron chi connectivity index (χ2n) is 3.79. The van der Waals surface area contributed by atoms with E-state index in [0.717, 1.165) is 5.56 Å². The number of aryl methyl sites for hydroxylation is 1. The fraction of sp³-hybridized carbons (Fsp3) is 0.231. The molecule has 0 heterocycles. The maximum atomic E-state index is 9.45. The Labute approximate surface area is 84.0 Å². The molecule has 0 spiro atoms. The van der Waals surface area contributed by atoms with Gasteiger partial charge in [0.25, 0.3) is 0 Å². The van der Waals surface area contributed by atoms with Crippen molar-refractivity contribution in [2.45, 2.75) is 20.0 Å². The van der Waals surface area contributed by atoms with Gasteiger partial charge in [0.1, 0.15) is 0 Å². The molecule has 0 aromatic heterocycles. The molecular formula is C13H14O. The number of aliphatic hydroxyl groups is 1. The summed E-state index contributed by atoms with van der Waals surface area (Å²) in [7, 11) is 0. The quantitative estimate of drug-likeness (QED) is 0.725. The lowest BCUT2D eigenvalue weighted by Crippen LogP contribution is -1.90. The van der Waals surface area contributed by atoms with Gasteiger partial charge in [0.05, 0.1) is 6.10 Å². The van der Waals surface area contributed by atoms with E-state index in [1.807, 2.05) is 12.1 Å². The van der Waals surface area contributed by atoms with Crippen LogP contribution in [0, 0.1) is 6.92 Å². The maximum absolute atomic E-state index is 9.45. The minimum Gasteiger partial charge on any atom is -0.389 e. The van der Waals surface area contributed by atoms with Gasteiger partial charge in [-0.05, 0) is 36.2 Å². The molecule has 1 nitrogen and oxygen atoms in total. The Morgan fingerprint density at radius 3 is 2.43 bits per heavy atom. The molecule has 2 aromatic rings. The van der Waals surface area contributed by atoms with Crippen LogP contribution < -0.4 is 0 Å². The SMILES string of the molecule is Cc1ccc2ccc(C(C)O)cc2c1. The highest BCUT2D eigenvalue weighted by molar-refractivity contribution is 5.83. The largest absolute Gasteiger partial charge is 0.389 e. The fourth-order valence-corrected chi connectivity index (χ4v) is 1.64. The zero-order chi connectivity index (χ0) is 10.1. The van der Waals surface area contributed by atoms with E-state index >= 15 is 0 Å². The van der Waals surface area contributed by atoms with E-state index in [2.05, 4.69) is 31.2 Å². The molecule has 0 aliphatic carbocycles. The van der Waals surface area contributed by atoms with Crippen molar-refractivity contribution in [3.63, 3.8) is 0 Å². The van der Waals surface area contributed by atoms with E-state index in [0.29, 0.717) is 0 Å². The van der Waals surface area contributed by atoms with E-state index in [1.165, 1.54) is 16.3 Å². The Balaban J connectivity index is 2.63. The number of benzene rings is 2. The monoisotopic (exact) mass is 186 g/mol. The van der Waals surface area contributed by atoms with Gasteiger partial charge in [-0.15, -0.1) is 0 Å². The molecule has 0 fully saturated rings. The van der Waals surface area contributed by atoms with Crippen molar-refractivity contribution >= 4 is 10.8 Å². The Morgan fingerprint density at radius 2 is 1.71 bits per heavy atom. The average molecular weight is 186 g/mol. The van der Waals surface area contributed by atoms with Crippen LogP contribution in [0.4, 0.5) is 0 Å². The summed E-state index contributed by atoms with van der Waals surface area (Å²) in [6.07, 6.45) is -0.389. The Bertz CT molecular complexity index is 458. The van der Waals surface area contributed by atoms with Crippen LogP contribution in [0.15, 0.2) is 36.4 Å². The molecule has 1 N–H and O–H groups in total. The molecule has 1 atom stereocenters. The van der Waals surface area contributed by atoms with Crippen LogP contribution in [-0.2, 0) is 0 Å². The lowest BCUT2D eigenvalue weighted by atomic mass is 10.0. The van der Waals surface area contributed by atoms with E-state index in [9.17, 15) is 5.11 Å². The molecule has 0 saturated carbocycles. The molecule has 14 heavy (non-hydrogen) atoms. The van der Waals surface area contributed by atoms with Crippen LogP contribution in [0.5, 0.6) is 0 Å². The zero-order valence-corrected chi connectivity index (χ0v) is 8.49. The molecule has 0 aliphatic rings. The van der Waals surface area contributed by atoms with Gasteiger partial charge in [0.15, 0.2) is 0 Å². The summed E-state index contributed by atoms with van der Waals surface area (Å²) >= 11 is 0. The van der Waals surface area contributed by atoms with E-state index in [1.54, 1.807) is 6.92 Å². The third kappa shape index (κ3) is 1.64. The summed E-state index contributed by atoms with van der Waals surface area (Å²) in [6.45, 7) is 3.87. The van der Waals surface area contributed by atoms with Crippen molar-refractivity contribution in [1.82, 2.24) is 0 Å². The van der Waals surface area contributed by atoms with Gasteiger partial charge in [0.2, 0.25) is 0 Å². The van der Waals surface area contributed by atoms with Crippen molar-refractivity contribution in [1.29, 1.82) is 0 Å². The smallest absolute Gasteiger partial charge is 0.0762 e. The van der Waals surface area contributed by atoms with Crippen LogP contribution in [0.1, 0.15) is 24.2 Å². The number of hydrogen-bond acceptors (Lipinski definition) is 1. The number of hydrogen-bond donors (Lipinski definition) is 1. The van der Waals surface area contributed by atoms with Gasteiger partial charge in [-0.1, -0.05) is 35.9 Å². The first-order valence-corrected chi connectivity index (χ1v) is 4.85. The van der Waals surface area contributed by atoms with Gasteiger partial charge in [-0.25, -0.2) is 0 Å². The van der Waals surface area contributed by atoms with Crippen molar-refractivity contribution in [3.05, 3.63) is 47.5 Å². The third-order valence-corrected chi connectivity index (χ3v) is 2.50. The summed E-state index contributed by atoms with van der Waals surface area (Å²) in [5.74, 6) is 0. The van der Waals surface area contributed by atoms with Crippen molar-refractivity contribution in [2.75, 3.05) is 0 Å². The molecule has 0 aliphatic heterocycles. The van der Waals surface area contributed by atoms with E-state index in [4.69, 9.17) is 0 Å². The van der Waals surface area contributed by atoms with Crippen molar-refractivity contribution in [2.24, 2.45) is 0 Å². The lowest BCUT2D eigenvalue weighted by Gasteiger charge is -2.06. The number of fused-ring (bicyclic) bond motifs is 1. The Morgan fingerprint density at radius 1 is 1.00 bits per heavy atom. The molecule has 2 aromatic carbocycles. The Kier molecular flexibility index (Phi) is 2.26. The van der Waals surface area contributed by atoms with Crippen LogP contribution in [0.3, 0.4) is 0 Å². The maximum Gasteiger partial charge on any atom is 0.0762 e. The molecule has 0 amide bonds. The molecule has 2 rings (SSSR count). The summed E-state index contributed by atoms with van der Waals surface area (Å²) in [4.78, 5) is 0.